The molecule has 1 unspecified atom stereocenters. The van der Waals surface area contributed by atoms with E-state index in [1.54, 1.807) is 14.2 Å². The van der Waals surface area contributed by atoms with Crippen LogP contribution in [-0.2, 0) is 6.54 Å². The first-order valence-corrected chi connectivity index (χ1v) is 8.54. The summed E-state index contributed by atoms with van der Waals surface area (Å²) < 4.78 is 10.8. The summed E-state index contributed by atoms with van der Waals surface area (Å²) in [5, 5.41) is 6.55. The normalized spacial score (nSPS) is 12.3. The number of hydrogen-bond acceptors (Lipinski definition) is 4. The fourth-order valence-corrected chi connectivity index (χ4v) is 2.50. The molecular formula is C19H29IN4O2. The number of rotatable bonds is 7. The van der Waals surface area contributed by atoms with E-state index in [1.807, 2.05) is 26.0 Å². The highest BCUT2D eigenvalue weighted by Crippen LogP contribution is 2.21. The lowest BCUT2D eigenvalue weighted by Crippen LogP contribution is -2.37. The molecule has 144 valence electrons. The predicted octanol–water partition coefficient (Wildman–Crippen LogP) is 3.78. The van der Waals surface area contributed by atoms with Crippen molar-refractivity contribution in [2.45, 2.75) is 39.7 Å². The van der Waals surface area contributed by atoms with Gasteiger partial charge in [-0.1, -0.05) is 19.1 Å². The van der Waals surface area contributed by atoms with E-state index in [2.05, 4.69) is 39.7 Å². The van der Waals surface area contributed by atoms with Gasteiger partial charge in [-0.05, 0) is 43.9 Å². The van der Waals surface area contributed by atoms with E-state index in [4.69, 9.17) is 9.15 Å². The quantitative estimate of drug-likeness (QED) is 0.365. The molecule has 0 aliphatic carbocycles. The second-order valence-electron chi connectivity index (χ2n) is 6.06. The van der Waals surface area contributed by atoms with Crippen LogP contribution in [-0.4, -0.2) is 31.6 Å². The molecule has 1 aromatic carbocycles. The van der Waals surface area contributed by atoms with Crippen molar-refractivity contribution < 1.29 is 9.15 Å². The van der Waals surface area contributed by atoms with Crippen LogP contribution in [0.5, 0.6) is 5.75 Å². The third-order valence-corrected chi connectivity index (χ3v) is 4.26. The third-order valence-electron chi connectivity index (χ3n) is 4.26. The number of ether oxygens (including phenoxy) is 1. The van der Waals surface area contributed by atoms with Gasteiger partial charge in [-0.15, -0.1) is 24.0 Å². The standard InChI is InChI=1S/C19H28N4O2.HI/c1-13(16-6-8-17(24-5)9-7-16)10-11-21-19(20-4)22-12-18-23-14(2)15(3)25-18;/h6-9,13H,10-12H2,1-5H3,(H2,20,21,22);1H. The van der Waals surface area contributed by atoms with Crippen molar-refractivity contribution in [2.75, 3.05) is 20.7 Å². The zero-order valence-electron chi connectivity index (χ0n) is 16.1. The smallest absolute Gasteiger partial charge is 0.214 e. The van der Waals surface area contributed by atoms with E-state index in [-0.39, 0.29) is 24.0 Å². The van der Waals surface area contributed by atoms with Crippen molar-refractivity contribution in [3.63, 3.8) is 0 Å². The molecule has 0 aliphatic heterocycles. The van der Waals surface area contributed by atoms with Gasteiger partial charge in [-0.2, -0.15) is 0 Å². The van der Waals surface area contributed by atoms with E-state index in [1.165, 1.54) is 5.56 Å². The van der Waals surface area contributed by atoms with Gasteiger partial charge in [0.15, 0.2) is 5.96 Å². The van der Waals surface area contributed by atoms with Gasteiger partial charge in [-0.3, -0.25) is 4.99 Å². The van der Waals surface area contributed by atoms with Gasteiger partial charge in [0.2, 0.25) is 5.89 Å². The van der Waals surface area contributed by atoms with E-state index < -0.39 is 0 Å². The molecule has 0 saturated carbocycles. The minimum absolute atomic E-state index is 0. The highest BCUT2D eigenvalue weighted by Gasteiger charge is 2.08. The number of hydrogen-bond donors (Lipinski definition) is 2. The first kappa shape index (κ1) is 22.3. The zero-order valence-corrected chi connectivity index (χ0v) is 18.5. The Labute approximate surface area is 172 Å². The molecule has 7 heteroatoms. The minimum Gasteiger partial charge on any atom is -0.497 e. The number of aryl methyl sites for hydroxylation is 2. The lowest BCUT2D eigenvalue weighted by molar-refractivity contribution is 0.414. The number of benzene rings is 1. The predicted molar refractivity (Wildman–Crippen MR) is 116 cm³/mol. The summed E-state index contributed by atoms with van der Waals surface area (Å²) in [5.41, 5.74) is 2.23. The number of nitrogens with zero attached hydrogens (tertiary/aromatic N) is 2. The van der Waals surface area contributed by atoms with Crippen LogP contribution in [0.1, 0.15) is 42.2 Å². The number of oxazole rings is 1. The largest absolute Gasteiger partial charge is 0.497 e. The van der Waals surface area contributed by atoms with Crippen LogP contribution >= 0.6 is 24.0 Å². The molecule has 0 saturated heterocycles. The summed E-state index contributed by atoms with van der Waals surface area (Å²) in [6, 6.07) is 8.23. The lowest BCUT2D eigenvalue weighted by Gasteiger charge is -2.15. The molecule has 0 fully saturated rings. The Bertz CT molecular complexity index is 679. The summed E-state index contributed by atoms with van der Waals surface area (Å²) in [5.74, 6) is 3.61. The SMILES string of the molecule is CN=C(NCCC(C)c1ccc(OC)cc1)NCc1nc(C)c(C)o1.I. The molecule has 2 aromatic rings. The van der Waals surface area contributed by atoms with Crippen molar-refractivity contribution in [3.8, 4) is 5.75 Å². The molecule has 2 rings (SSSR count). The van der Waals surface area contributed by atoms with Crippen molar-refractivity contribution >= 4 is 29.9 Å². The summed E-state index contributed by atoms with van der Waals surface area (Å²) in [4.78, 5) is 8.59. The van der Waals surface area contributed by atoms with E-state index in [9.17, 15) is 0 Å². The minimum atomic E-state index is 0. The molecule has 26 heavy (non-hydrogen) atoms. The fourth-order valence-electron chi connectivity index (χ4n) is 2.50. The Morgan fingerprint density at radius 3 is 2.46 bits per heavy atom. The number of aromatic nitrogens is 1. The molecule has 1 atom stereocenters. The molecule has 0 spiro atoms. The van der Waals surface area contributed by atoms with Gasteiger partial charge >= 0.3 is 0 Å². The molecule has 0 bridgehead atoms. The Morgan fingerprint density at radius 1 is 1.23 bits per heavy atom. The van der Waals surface area contributed by atoms with Crippen LogP contribution in [0.4, 0.5) is 0 Å². The van der Waals surface area contributed by atoms with Crippen LogP contribution in [0.15, 0.2) is 33.7 Å². The van der Waals surface area contributed by atoms with Gasteiger partial charge in [0.05, 0.1) is 19.3 Å². The van der Waals surface area contributed by atoms with Crippen LogP contribution in [0.3, 0.4) is 0 Å². The number of methoxy groups -OCH3 is 1. The molecule has 0 radical (unpaired) electrons. The molecule has 0 amide bonds. The first-order chi connectivity index (χ1) is 12.0. The molecule has 2 N–H and O–H groups in total. The topological polar surface area (TPSA) is 71.7 Å². The number of aliphatic imine (C=N–C) groups is 1. The van der Waals surface area contributed by atoms with Gasteiger partial charge in [0.1, 0.15) is 11.5 Å². The van der Waals surface area contributed by atoms with E-state index in [0.29, 0.717) is 18.4 Å². The van der Waals surface area contributed by atoms with Crippen LogP contribution in [0, 0.1) is 13.8 Å². The molecule has 6 nitrogen and oxygen atoms in total. The summed E-state index contributed by atoms with van der Waals surface area (Å²) in [6.45, 7) is 7.42. The Kier molecular flexibility index (Phi) is 9.47. The van der Waals surface area contributed by atoms with Crippen LogP contribution in [0.2, 0.25) is 0 Å². The third kappa shape index (κ3) is 6.51. The second kappa shape index (κ2) is 11.1. The monoisotopic (exact) mass is 472 g/mol. The van der Waals surface area contributed by atoms with Crippen molar-refractivity contribution in [3.05, 3.63) is 47.2 Å². The summed E-state index contributed by atoms with van der Waals surface area (Å²) in [7, 11) is 3.44. The molecular weight excluding hydrogens is 443 g/mol. The molecule has 1 aromatic heterocycles. The average molecular weight is 472 g/mol. The highest BCUT2D eigenvalue weighted by atomic mass is 127. The first-order valence-electron chi connectivity index (χ1n) is 8.54. The molecule has 1 heterocycles. The van der Waals surface area contributed by atoms with Gasteiger partial charge in [0, 0.05) is 13.6 Å². The Hall–Kier alpha value is -1.77. The number of halogens is 1. The lowest BCUT2D eigenvalue weighted by atomic mass is 9.98. The maximum atomic E-state index is 5.56. The van der Waals surface area contributed by atoms with Gasteiger partial charge in [0.25, 0.3) is 0 Å². The van der Waals surface area contributed by atoms with Crippen LogP contribution < -0.4 is 15.4 Å². The highest BCUT2D eigenvalue weighted by molar-refractivity contribution is 14.0. The average Bonchev–Trinajstić information content (AvgIpc) is 2.95. The number of nitrogens with one attached hydrogen (secondary N) is 2. The maximum absolute atomic E-state index is 5.56. The zero-order chi connectivity index (χ0) is 18.2. The van der Waals surface area contributed by atoms with E-state index >= 15 is 0 Å². The fraction of sp³-hybridized carbons (Fsp3) is 0.474. The maximum Gasteiger partial charge on any atom is 0.214 e. The van der Waals surface area contributed by atoms with Crippen LogP contribution in [0.25, 0.3) is 0 Å². The van der Waals surface area contributed by atoms with Gasteiger partial charge in [-0.25, -0.2) is 4.98 Å². The van der Waals surface area contributed by atoms with Crippen molar-refractivity contribution in [2.24, 2.45) is 4.99 Å². The summed E-state index contributed by atoms with van der Waals surface area (Å²) in [6.07, 6.45) is 1.00. The summed E-state index contributed by atoms with van der Waals surface area (Å²) >= 11 is 0. The van der Waals surface area contributed by atoms with Crippen molar-refractivity contribution in [1.82, 2.24) is 15.6 Å². The number of guanidine groups is 1. The molecule has 0 aliphatic rings. The second-order valence-corrected chi connectivity index (χ2v) is 6.06. The van der Waals surface area contributed by atoms with Gasteiger partial charge < -0.3 is 19.8 Å². The Balaban J connectivity index is 0.00000338. The van der Waals surface area contributed by atoms with Crippen molar-refractivity contribution in [1.29, 1.82) is 0 Å². The Morgan fingerprint density at radius 2 is 1.92 bits per heavy atom. The van der Waals surface area contributed by atoms with E-state index in [0.717, 1.165) is 36.1 Å².